The lowest BCUT2D eigenvalue weighted by molar-refractivity contribution is -0.132. The minimum atomic E-state index is -0.512. The Bertz CT molecular complexity index is 1490. The molecule has 6 nitrogen and oxygen atoms in total. The van der Waals surface area contributed by atoms with Crippen molar-refractivity contribution in [1.82, 2.24) is 9.99 Å². The van der Waals surface area contributed by atoms with Crippen LogP contribution in [-0.4, -0.2) is 26.7 Å². The van der Waals surface area contributed by atoms with Crippen LogP contribution in [0.1, 0.15) is 36.9 Å². The molecule has 4 aromatic rings. The van der Waals surface area contributed by atoms with Crippen LogP contribution in [-0.2, 0) is 4.79 Å². The smallest absolute Gasteiger partial charge is 0.258 e. The Morgan fingerprint density at radius 2 is 1.82 bits per heavy atom. The predicted molar refractivity (Wildman–Crippen MR) is 134 cm³/mol. The zero-order valence-electron chi connectivity index (χ0n) is 18.5. The molecule has 0 unspecified atom stereocenters. The second-order valence-corrected chi connectivity index (χ2v) is 8.61. The van der Waals surface area contributed by atoms with E-state index in [1.807, 2.05) is 42.5 Å². The molecule has 1 atom stereocenters. The number of para-hydroxylation sites is 1. The summed E-state index contributed by atoms with van der Waals surface area (Å²) in [5.74, 6) is -0.106. The fourth-order valence-electron chi connectivity index (χ4n) is 4.51. The number of rotatable bonds is 4. The Kier molecular flexibility index (Phi) is 5.67. The number of hydrogen-bond donors (Lipinski definition) is 2. The van der Waals surface area contributed by atoms with E-state index in [1.165, 1.54) is 5.01 Å². The maximum absolute atomic E-state index is 13.4. The van der Waals surface area contributed by atoms with Gasteiger partial charge in [-0.15, -0.1) is 0 Å². The number of amides is 1. The number of aromatic amines is 1. The molecule has 0 aliphatic carbocycles. The molecule has 170 valence electrons. The van der Waals surface area contributed by atoms with Gasteiger partial charge < -0.3 is 10.1 Å². The Morgan fingerprint density at radius 1 is 1.09 bits per heavy atom. The highest BCUT2D eigenvalue weighted by Crippen LogP contribution is 2.39. The summed E-state index contributed by atoms with van der Waals surface area (Å²) in [5, 5.41) is 17.9. The number of phenolic OH excluding ortho intramolecular Hbond substituents is 1. The summed E-state index contributed by atoms with van der Waals surface area (Å²) < 4.78 is 0. The second-order valence-electron chi connectivity index (χ2n) is 8.18. The third-order valence-electron chi connectivity index (χ3n) is 6.09. The quantitative estimate of drug-likeness (QED) is 0.403. The largest absolute Gasteiger partial charge is 0.508 e. The fourth-order valence-corrected chi connectivity index (χ4v) is 4.68. The first kappa shape index (κ1) is 21.9. The number of nitrogens with one attached hydrogen (secondary N) is 1. The van der Waals surface area contributed by atoms with Crippen LogP contribution in [0.4, 0.5) is 0 Å². The highest BCUT2D eigenvalue weighted by atomic mass is 35.5. The topological polar surface area (TPSA) is 85.8 Å². The molecule has 2 N–H and O–H groups in total. The molecule has 5 rings (SSSR count). The number of hydrogen-bond acceptors (Lipinski definition) is 4. The van der Waals surface area contributed by atoms with Crippen LogP contribution in [0.25, 0.3) is 22.0 Å². The molecule has 0 saturated carbocycles. The number of carbonyl (C=O) groups is 1. The molecule has 0 fully saturated rings. The van der Waals surface area contributed by atoms with Gasteiger partial charge in [-0.2, -0.15) is 5.10 Å². The molecule has 7 heteroatoms. The van der Waals surface area contributed by atoms with Gasteiger partial charge in [0.1, 0.15) is 5.75 Å². The summed E-state index contributed by atoms with van der Waals surface area (Å²) in [6.45, 7) is 1.76. The number of nitrogens with zero attached hydrogens (tertiary/aromatic N) is 2. The maximum Gasteiger partial charge on any atom is 0.258 e. The number of aromatic hydroxyl groups is 1. The van der Waals surface area contributed by atoms with Crippen molar-refractivity contribution in [1.29, 1.82) is 0 Å². The lowest BCUT2D eigenvalue weighted by atomic mass is 9.91. The predicted octanol–water partition coefficient (Wildman–Crippen LogP) is 5.64. The van der Waals surface area contributed by atoms with Gasteiger partial charge in [0.25, 0.3) is 5.56 Å². The van der Waals surface area contributed by atoms with E-state index < -0.39 is 6.04 Å². The number of hydrazone groups is 1. The van der Waals surface area contributed by atoms with Crippen LogP contribution in [0.2, 0.25) is 5.02 Å². The van der Waals surface area contributed by atoms with Crippen molar-refractivity contribution in [3.63, 3.8) is 0 Å². The zero-order valence-corrected chi connectivity index (χ0v) is 19.2. The minimum absolute atomic E-state index is 0.0836. The summed E-state index contributed by atoms with van der Waals surface area (Å²) in [4.78, 5) is 29.2. The maximum atomic E-state index is 13.4. The molecule has 3 aromatic carbocycles. The first-order valence-electron chi connectivity index (χ1n) is 11.1. The molecular weight excluding hydrogens is 450 g/mol. The van der Waals surface area contributed by atoms with Gasteiger partial charge in [0, 0.05) is 39.9 Å². The second kappa shape index (κ2) is 8.80. The first-order chi connectivity index (χ1) is 16.5. The van der Waals surface area contributed by atoms with Crippen molar-refractivity contribution in [2.24, 2.45) is 5.10 Å². The summed E-state index contributed by atoms with van der Waals surface area (Å²) in [5.41, 5.74) is 3.39. The molecule has 34 heavy (non-hydrogen) atoms. The van der Waals surface area contributed by atoms with E-state index in [4.69, 9.17) is 11.6 Å². The standard InChI is InChI=1S/C27H22ClN3O3/c1-2-24(33)31-22(18-10-6-7-11-23(18)32)15-21(30-31)26-25(16-8-4-3-5-9-16)19-14-17(28)12-13-20(19)29-27(26)34/h3-14,22,32H,2,15H2,1H3,(H,29,34)/t22-/m1/s1. The third kappa shape index (κ3) is 3.76. The van der Waals surface area contributed by atoms with E-state index >= 15 is 0 Å². The van der Waals surface area contributed by atoms with Crippen molar-refractivity contribution >= 4 is 34.1 Å². The number of benzene rings is 3. The summed E-state index contributed by atoms with van der Waals surface area (Å²) in [6.07, 6.45) is 0.536. The van der Waals surface area contributed by atoms with Gasteiger partial charge in [-0.3, -0.25) is 9.59 Å². The third-order valence-corrected chi connectivity index (χ3v) is 6.33. The number of phenols is 1. The molecule has 1 amide bonds. The van der Waals surface area contributed by atoms with Crippen molar-refractivity contribution in [3.05, 3.63) is 99.3 Å². The summed E-state index contributed by atoms with van der Waals surface area (Å²) >= 11 is 6.33. The highest BCUT2D eigenvalue weighted by Gasteiger charge is 2.36. The molecular formula is C27H22ClN3O3. The normalized spacial score (nSPS) is 15.5. The van der Waals surface area contributed by atoms with Gasteiger partial charge in [-0.1, -0.05) is 67.1 Å². The van der Waals surface area contributed by atoms with Gasteiger partial charge in [0.2, 0.25) is 5.91 Å². The Hall–Kier alpha value is -3.90. The van der Waals surface area contributed by atoms with E-state index in [0.29, 0.717) is 32.9 Å². The molecule has 0 radical (unpaired) electrons. The lowest BCUT2D eigenvalue weighted by Gasteiger charge is -2.22. The van der Waals surface area contributed by atoms with Crippen molar-refractivity contribution in [3.8, 4) is 16.9 Å². The minimum Gasteiger partial charge on any atom is -0.508 e. The zero-order chi connectivity index (χ0) is 23.8. The number of H-pyrrole nitrogens is 1. The molecule has 0 bridgehead atoms. The van der Waals surface area contributed by atoms with Gasteiger partial charge in [-0.05, 0) is 29.8 Å². The average molecular weight is 472 g/mol. The van der Waals surface area contributed by atoms with E-state index in [0.717, 1.165) is 10.9 Å². The van der Waals surface area contributed by atoms with Crippen LogP contribution >= 0.6 is 11.6 Å². The number of carbonyl (C=O) groups excluding carboxylic acids is 1. The van der Waals surface area contributed by atoms with Gasteiger partial charge in [-0.25, -0.2) is 5.01 Å². The first-order valence-corrected chi connectivity index (χ1v) is 11.4. The number of aromatic nitrogens is 1. The molecule has 0 saturated heterocycles. The number of halogens is 1. The van der Waals surface area contributed by atoms with Crippen LogP contribution in [0, 0.1) is 0 Å². The Labute approximate surface area is 201 Å². The molecule has 1 aliphatic rings. The van der Waals surface area contributed by atoms with Gasteiger partial charge in [0.15, 0.2) is 0 Å². The van der Waals surface area contributed by atoms with Crippen LogP contribution in [0.15, 0.2) is 82.7 Å². The van der Waals surface area contributed by atoms with Crippen LogP contribution in [0.3, 0.4) is 0 Å². The van der Waals surface area contributed by atoms with E-state index in [-0.39, 0.29) is 30.1 Å². The number of pyridine rings is 1. The fraction of sp³-hybridized carbons (Fsp3) is 0.148. The van der Waals surface area contributed by atoms with E-state index in [2.05, 4.69) is 10.1 Å². The summed E-state index contributed by atoms with van der Waals surface area (Å²) in [7, 11) is 0. The molecule has 0 spiro atoms. The monoisotopic (exact) mass is 471 g/mol. The van der Waals surface area contributed by atoms with E-state index in [9.17, 15) is 14.7 Å². The van der Waals surface area contributed by atoms with Gasteiger partial charge in [0.05, 0.1) is 17.3 Å². The molecule has 1 aromatic heterocycles. The molecule has 2 heterocycles. The van der Waals surface area contributed by atoms with Crippen molar-refractivity contribution in [2.75, 3.05) is 0 Å². The SMILES string of the molecule is CCC(=O)N1N=C(c2c(-c3ccccc3)c3cc(Cl)ccc3[nH]c2=O)C[C@@H]1c1ccccc1O. The summed E-state index contributed by atoms with van der Waals surface area (Å²) in [6, 6.07) is 21.3. The van der Waals surface area contributed by atoms with Crippen molar-refractivity contribution in [2.45, 2.75) is 25.8 Å². The Balaban J connectivity index is 1.76. The van der Waals surface area contributed by atoms with Gasteiger partial charge >= 0.3 is 0 Å². The van der Waals surface area contributed by atoms with Crippen molar-refractivity contribution < 1.29 is 9.90 Å². The average Bonchev–Trinajstić information content (AvgIpc) is 3.28. The van der Waals surface area contributed by atoms with Crippen LogP contribution in [0.5, 0.6) is 5.75 Å². The number of fused-ring (bicyclic) bond motifs is 1. The van der Waals surface area contributed by atoms with Crippen LogP contribution < -0.4 is 5.56 Å². The van der Waals surface area contributed by atoms with E-state index in [1.54, 1.807) is 37.3 Å². The lowest BCUT2D eigenvalue weighted by Crippen LogP contribution is -2.26. The highest BCUT2D eigenvalue weighted by molar-refractivity contribution is 6.31. The Morgan fingerprint density at radius 3 is 2.56 bits per heavy atom. The molecule has 1 aliphatic heterocycles.